The molecule has 0 fully saturated rings. The van der Waals surface area contributed by atoms with E-state index in [2.05, 4.69) is 17.1 Å². The number of hydrogen-bond acceptors (Lipinski definition) is 5. The number of aliphatic carboxylic acids is 1. The van der Waals surface area contributed by atoms with E-state index in [1.54, 1.807) is 23.3 Å². The van der Waals surface area contributed by atoms with Crippen LogP contribution in [0, 0.1) is 6.92 Å². The molecule has 22 heavy (non-hydrogen) atoms. The van der Waals surface area contributed by atoms with Gasteiger partial charge < -0.3 is 14.6 Å². The minimum atomic E-state index is -0.981. The van der Waals surface area contributed by atoms with Gasteiger partial charge in [0.2, 0.25) is 5.91 Å². The summed E-state index contributed by atoms with van der Waals surface area (Å²) in [6, 6.07) is -0.838. The number of hydrogen-bond donors (Lipinski definition) is 1. The van der Waals surface area contributed by atoms with E-state index in [9.17, 15) is 14.7 Å². The Labute approximate surface area is 134 Å². The van der Waals surface area contributed by atoms with Crippen molar-refractivity contribution in [2.75, 3.05) is 11.5 Å². The number of aryl methyl sites for hydroxylation is 1. The van der Waals surface area contributed by atoms with E-state index in [4.69, 9.17) is 0 Å². The largest absolute Gasteiger partial charge is 0.480 e. The predicted octanol–water partition coefficient (Wildman–Crippen LogP) is 1.31. The number of carboxylic acids is 1. The molecule has 1 aromatic heterocycles. The zero-order chi connectivity index (χ0) is 16.1. The second-order valence-electron chi connectivity index (χ2n) is 5.37. The molecule has 0 aromatic carbocycles. The van der Waals surface area contributed by atoms with Crippen LogP contribution in [-0.2, 0) is 22.7 Å². The van der Waals surface area contributed by atoms with Gasteiger partial charge >= 0.3 is 5.97 Å². The number of carboxylic acid groups (broad SMARTS) is 1. The van der Waals surface area contributed by atoms with Crippen molar-refractivity contribution in [2.45, 2.75) is 52.2 Å². The standard InChI is InChI=1S/C14H22N4O3S/c1-3-4-6-22-7-5-13(19)18-9-12-16-15-10(2)17(12)8-11(18)14(20)21/h11H,3-9H2,1-2H3,(H,20,21). The van der Waals surface area contributed by atoms with Crippen molar-refractivity contribution in [1.82, 2.24) is 19.7 Å². The highest BCUT2D eigenvalue weighted by Crippen LogP contribution is 2.19. The Morgan fingerprint density at radius 3 is 2.82 bits per heavy atom. The van der Waals surface area contributed by atoms with Crippen molar-refractivity contribution in [3.63, 3.8) is 0 Å². The van der Waals surface area contributed by atoms with Crippen LogP contribution in [0.3, 0.4) is 0 Å². The van der Waals surface area contributed by atoms with E-state index in [0.717, 1.165) is 24.3 Å². The van der Waals surface area contributed by atoms with Gasteiger partial charge in [0.25, 0.3) is 0 Å². The van der Waals surface area contributed by atoms with E-state index in [0.29, 0.717) is 18.1 Å². The highest BCUT2D eigenvalue weighted by atomic mass is 32.2. The van der Waals surface area contributed by atoms with Gasteiger partial charge in [0.1, 0.15) is 11.9 Å². The van der Waals surface area contributed by atoms with Crippen LogP contribution in [0.2, 0.25) is 0 Å². The quantitative estimate of drug-likeness (QED) is 0.760. The van der Waals surface area contributed by atoms with E-state index < -0.39 is 12.0 Å². The Kier molecular flexibility index (Phi) is 5.82. The molecule has 2 rings (SSSR count). The number of amides is 1. The van der Waals surface area contributed by atoms with Crippen LogP contribution in [0.4, 0.5) is 0 Å². The summed E-state index contributed by atoms with van der Waals surface area (Å²) in [4.78, 5) is 25.3. The number of thioether (sulfide) groups is 1. The second-order valence-corrected chi connectivity index (χ2v) is 6.59. The van der Waals surface area contributed by atoms with Crippen molar-refractivity contribution in [1.29, 1.82) is 0 Å². The zero-order valence-corrected chi connectivity index (χ0v) is 13.8. The maximum atomic E-state index is 12.4. The first-order chi connectivity index (χ1) is 10.5. The third-order valence-corrected chi connectivity index (χ3v) is 4.83. The lowest BCUT2D eigenvalue weighted by atomic mass is 10.1. The summed E-state index contributed by atoms with van der Waals surface area (Å²) in [5.74, 6) is 2.01. The van der Waals surface area contributed by atoms with Crippen LogP contribution >= 0.6 is 11.8 Å². The minimum absolute atomic E-state index is 0.122. The third-order valence-electron chi connectivity index (χ3n) is 3.76. The molecule has 0 aliphatic carbocycles. The van der Waals surface area contributed by atoms with Crippen LogP contribution in [0.15, 0.2) is 0 Å². The Bertz CT molecular complexity index is 546. The Morgan fingerprint density at radius 2 is 2.14 bits per heavy atom. The lowest BCUT2D eigenvalue weighted by molar-refractivity contribution is -0.152. The molecule has 8 heteroatoms. The van der Waals surface area contributed by atoms with E-state index in [1.165, 1.54) is 4.90 Å². The average molecular weight is 326 g/mol. The summed E-state index contributed by atoms with van der Waals surface area (Å²) in [7, 11) is 0. The molecule has 7 nitrogen and oxygen atoms in total. The molecule has 0 spiro atoms. The second kappa shape index (κ2) is 7.62. The summed E-state index contributed by atoms with van der Waals surface area (Å²) in [5.41, 5.74) is 0. The van der Waals surface area contributed by atoms with Gasteiger partial charge in [-0.1, -0.05) is 13.3 Å². The fourth-order valence-corrected chi connectivity index (χ4v) is 3.45. The third kappa shape index (κ3) is 3.79. The molecular formula is C14H22N4O3S. The first-order valence-electron chi connectivity index (χ1n) is 7.53. The summed E-state index contributed by atoms with van der Waals surface area (Å²) in [6.07, 6.45) is 2.65. The summed E-state index contributed by atoms with van der Waals surface area (Å²) in [5, 5.41) is 17.4. The Hall–Kier alpha value is -1.57. The van der Waals surface area contributed by atoms with Gasteiger partial charge in [0.15, 0.2) is 5.82 Å². The van der Waals surface area contributed by atoms with Crippen molar-refractivity contribution >= 4 is 23.6 Å². The minimum Gasteiger partial charge on any atom is -0.480 e. The Morgan fingerprint density at radius 1 is 1.36 bits per heavy atom. The molecule has 1 unspecified atom stereocenters. The number of aromatic nitrogens is 3. The van der Waals surface area contributed by atoms with Gasteiger partial charge in [0.05, 0.1) is 13.1 Å². The van der Waals surface area contributed by atoms with Gasteiger partial charge in [-0.15, -0.1) is 10.2 Å². The molecule has 1 aromatic rings. The summed E-state index contributed by atoms with van der Waals surface area (Å²) < 4.78 is 1.78. The van der Waals surface area contributed by atoms with Crippen LogP contribution < -0.4 is 0 Å². The maximum absolute atomic E-state index is 12.4. The van der Waals surface area contributed by atoms with Gasteiger partial charge in [-0.25, -0.2) is 4.79 Å². The highest BCUT2D eigenvalue weighted by Gasteiger charge is 2.35. The molecule has 1 atom stereocenters. The lowest BCUT2D eigenvalue weighted by Crippen LogP contribution is -2.50. The smallest absolute Gasteiger partial charge is 0.328 e. The van der Waals surface area contributed by atoms with Gasteiger partial charge in [0, 0.05) is 12.2 Å². The number of carbonyl (C=O) groups is 2. The number of rotatable bonds is 7. The molecule has 2 heterocycles. The number of carbonyl (C=O) groups excluding carboxylic acids is 1. The van der Waals surface area contributed by atoms with Crippen molar-refractivity contribution in [3.8, 4) is 0 Å². The van der Waals surface area contributed by atoms with E-state index >= 15 is 0 Å². The molecule has 1 aliphatic heterocycles. The molecule has 0 saturated heterocycles. The van der Waals surface area contributed by atoms with Crippen molar-refractivity contribution in [2.24, 2.45) is 0 Å². The van der Waals surface area contributed by atoms with Gasteiger partial charge in [-0.2, -0.15) is 11.8 Å². The van der Waals surface area contributed by atoms with Gasteiger partial charge in [-0.3, -0.25) is 4.79 Å². The van der Waals surface area contributed by atoms with Crippen LogP contribution in [0.5, 0.6) is 0 Å². The normalized spacial score (nSPS) is 17.4. The molecule has 1 aliphatic rings. The predicted molar refractivity (Wildman–Crippen MR) is 83.6 cm³/mol. The number of fused-ring (bicyclic) bond motifs is 1. The fraction of sp³-hybridized carbons (Fsp3) is 0.714. The SMILES string of the molecule is CCCCSCCC(=O)N1Cc2nnc(C)n2CC1C(=O)O. The fourth-order valence-electron chi connectivity index (χ4n) is 2.44. The number of nitrogens with zero attached hydrogens (tertiary/aromatic N) is 4. The monoisotopic (exact) mass is 326 g/mol. The molecule has 122 valence electrons. The van der Waals surface area contributed by atoms with E-state index in [1.807, 2.05) is 0 Å². The Balaban J connectivity index is 1.98. The van der Waals surface area contributed by atoms with Crippen molar-refractivity contribution < 1.29 is 14.7 Å². The zero-order valence-electron chi connectivity index (χ0n) is 13.0. The average Bonchev–Trinajstić information content (AvgIpc) is 2.86. The van der Waals surface area contributed by atoms with Crippen LogP contribution in [-0.4, -0.2) is 54.2 Å². The maximum Gasteiger partial charge on any atom is 0.328 e. The molecule has 0 bridgehead atoms. The molecule has 1 N–H and O–H groups in total. The topological polar surface area (TPSA) is 88.3 Å². The molecule has 0 saturated carbocycles. The molecular weight excluding hydrogens is 304 g/mol. The summed E-state index contributed by atoms with van der Waals surface area (Å²) in [6.45, 7) is 4.36. The van der Waals surface area contributed by atoms with Crippen LogP contribution in [0.1, 0.15) is 37.8 Å². The highest BCUT2D eigenvalue weighted by molar-refractivity contribution is 7.99. The first kappa shape index (κ1) is 16.8. The number of unbranched alkanes of at least 4 members (excludes halogenated alkanes) is 1. The lowest BCUT2D eigenvalue weighted by Gasteiger charge is -2.33. The first-order valence-corrected chi connectivity index (χ1v) is 8.68. The molecule has 1 amide bonds. The van der Waals surface area contributed by atoms with Crippen LogP contribution in [0.25, 0.3) is 0 Å². The summed E-state index contributed by atoms with van der Waals surface area (Å²) >= 11 is 1.74. The molecule has 0 radical (unpaired) electrons. The van der Waals surface area contributed by atoms with Gasteiger partial charge in [-0.05, 0) is 19.1 Å². The van der Waals surface area contributed by atoms with Crippen molar-refractivity contribution in [3.05, 3.63) is 11.6 Å². The van der Waals surface area contributed by atoms with E-state index in [-0.39, 0.29) is 19.0 Å².